The summed E-state index contributed by atoms with van der Waals surface area (Å²) in [4.78, 5) is 12.8. The summed E-state index contributed by atoms with van der Waals surface area (Å²) in [5.41, 5.74) is 0.920. The second-order valence-electron chi connectivity index (χ2n) is 6.78. The van der Waals surface area contributed by atoms with E-state index in [0.29, 0.717) is 5.78 Å². The van der Waals surface area contributed by atoms with Gasteiger partial charge in [0.15, 0.2) is 0 Å². The molecule has 2 heteroatoms. The first kappa shape index (κ1) is 19.4. The van der Waals surface area contributed by atoms with E-state index in [-0.39, 0.29) is 0 Å². The molecule has 1 rings (SSSR count). The van der Waals surface area contributed by atoms with Crippen molar-refractivity contribution in [2.24, 2.45) is 0 Å². The van der Waals surface area contributed by atoms with Gasteiger partial charge in [0.25, 0.3) is 0 Å². The summed E-state index contributed by atoms with van der Waals surface area (Å²) in [6.45, 7) is 6.83. The van der Waals surface area contributed by atoms with Crippen LogP contribution in [0.5, 0.6) is 0 Å². The van der Waals surface area contributed by atoms with Crippen LogP contribution in [0.25, 0.3) is 0 Å². The van der Waals surface area contributed by atoms with Crippen molar-refractivity contribution in [3.05, 3.63) is 35.9 Å². The van der Waals surface area contributed by atoms with Gasteiger partial charge >= 0.3 is 138 Å². The first-order valence-corrected chi connectivity index (χ1v) is 12.1. The monoisotopic (exact) mass is 322 g/mol. The van der Waals surface area contributed by atoms with Crippen LogP contribution in [-0.2, 0) is 0 Å². The molecule has 0 saturated heterocycles. The van der Waals surface area contributed by atoms with Gasteiger partial charge in [0.05, 0.1) is 0 Å². The molecule has 0 fully saturated rings. The van der Waals surface area contributed by atoms with Crippen LogP contribution in [0.2, 0.25) is 0 Å². The zero-order valence-electron chi connectivity index (χ0n) is 14.9. The average Bonchev–Trinajstić information content (AvgIpc) is 2.56. The van der Waals surface area contributed by atoms with E-state index in [1.54, 1.807) is 0 Å². The van der Waals surface area contributed by atoms with Gasteiger partial charge in [-0.2, -0.15) is 0 Å². The Kier molecular flexibility index (Phi) is 9.64. The summed E-state index contributed by atoms with van der Waals surface area (Å²) < 4.78 is 0. The molecular weight excluding hydrogens is 287 g/mol. The minimum absolute atomic E-state index is 0.399. The van der Waals surface area contributed by atoms with Gasteiger partial charge < -0.3 is 0 Å². The maximum absolute atomic E-state index is 12.8. The van der Waals surface area contributed by atoms with E-state index in [1.807, 2.05) is 30.3 Å². The van der Waals surface area contributed by atoms with E-state index in [1.165, 1.54) is 57.0 Å². The van der Waals surface area contributed by atoms with E-state index in [4.69, 9.17) is 0 Å². The topological polar surface area (TPSA) is 17.1 Å². The van der Waals surface area contributed by atoms with Gasteiger partial charge in [-0.05, 0) is 0 Å². The van der Waals surface area contributed by atoms with Crippen LogP contribution in [0.15, 0.2) is 30.3 Å². The predicted molar refractivity (Wildman–Crippen MR) is 103 cm³/mol. The summed E-state index contributed by atoms with van der Waals surface area (Å²) >= 11 is 0. The Balaban J connectivity index is 2.86. The summed E-state index contributed by atoms with van der Waals surface area (Å²) in [5.74, 6) is 0.399. The van der Waals surface area contributed by atoms with Crippen molar-refractivity contribution in [3.8, 4) is 0 Å². The minimum atomic E-state index is -1.45. The number of unbranched alkanes of at least 4 members (excludes halogenated alkanes) is 3. The molecular formula is C20H35OP. The molecule has 22 heavy (non-hydrogen) atoms. The van der Waals surface area contributed by atoms with Gasteiger partial charge in [-0.1, -0.05) is 0 Å². The fraction of sp³-hybridized carbons (Fsp3) is 0.650. The summed E-state index contributed by atoms with van der Waals surface area (Å²) in [6.07, 6.45) is 12.6. The number of hydrogen-bond acceptors (Lipinski definition) is 1. The van der Waals surface area contributed by atoms with Crippen molar-refractivity contribution in [2.45, 2.75) is 59.3 Å². The fourth-order valence-corrected chi connectivity index (χ4v) is 8.84. The molecule has 0 aromatic heterocycles. The molecule has 0 radical (unpaired) electrons. The molecule has 0 atom stereocenters. The molecule has 1 nitrogen and oxygen atoms in total. The SMILES string of the molecule is CCCC[PH](CCCC)(CCCC)CC(=O)c1ccccc1. The Hall–Kier alpha value is -0.680. The van der Waals surface area contributed by atoms with Gasteiger partial charge in [-0.25, -0.2) is 0 Å². The van der Waals surface area contributed by atoms with Gasteiger partial charge in [0.1, 0.15) is 0 Å². The Labute approximate surface area is 138 Å². The zero-order chi connectivity index (χ0) is 16.3. The van der Waals surface area contributed by atoms with Crippen LogP contribution in [0.4, 0.5) is 0 Å². The molecule has 0 N–H and O–H groups in total. The van der Waals surface area contributed by atoms with Crippen LogP contribution < -0.4 is 0 Å². The molecule has 126 valence electrons. The third-order valence-corrected chi connectivity index (χ3v) is 10.1. The number of hydrogen-bond donors (Lipinski definition) is 0. The van der Waals surface area contributed by atoms with Crippen LogP contribution in [0.1, 0.15) is 69.7 Å². The quantitative estimate of drug-likeness (QED) is 0.340. The molecule has 0 aliphatic carbocycles. The Bertz CT molecular complexity index is 391. The molecule has 0 bridgehead atoms. The fourth-order valence-electron chi connectivity index (χ4n) is 3.36. The van der Waals surface area contributed by atoms with Crippen molar-refractivity contribution in [3.63, 3.8) is 0 Å². The molecule has 0 unspecified atom stereocenters. The Morgan fingerprint density at radius 1 is 0.818 bits per heavy atom. The van der Waals surface area contributed by atoms with Crippen molar-refractivity contribution in [1.29, 1.82) is 0 Å². The second kappa shape index (κ2) is 10.9. The Morgan fingerprint density at radius 3 is 1.68 bits per heavy atom. The molecule has 0 aliphatic rings. The second-order valence-corrected chi connectivity index (χ2v) is 11.6. The van der Waals surface area contributed by atoms with Gasteiger partial charge in [0.2, 0.25) is 0 Å². The van der Waals surface area contributed by atoms with Gasteiger partial charge in [-0.3, -0.25) is 0 Å². The third-order valence-electron chi connectivity index (χ3n) is 4.81. The van der Waals surface area contributed by atoms with Crippen molar-refractivity contribution in [2.75, 3.05) is 24.6 Å². The van der Waals surface area contributed by atoms with Gasteiger partial charge in [-0.15, -0.1) is 0 Å². The first-order chi connectivity index (χ1) is 10.7. The van der Waals surface area contributed by atoms with E-state index in [0.717, 1.165) is 11.7 Å². The molecule has 0 heterocycles. The summed E-state index contributed by atoms with van der Waals surface area (Å²) in [7, 11) is -1.45. The molecule has 0 amide bonds. The van der Waals surface area contributed by atoms with Crippen LogP contribution in [-0.4, -0.2) is 30.4 Å². The van der Waals surface area contributed by atoms with Crippen molar-refractivity contribution < 1.29 is 4.79 Å². The van der Waals surface area contributed by atoms with Crippen molar-refractivity contribution >= 4 is 13.0 Å². The first-order valence-electron chi connectivity index (χ1n) is 9.25. The number of Topliss-reactive ketones (excluding diaryl/α,β-unsaturated/α-hetero) is 1. The van der Waals surface area contributed by atoms with Crippen LogP contribution in [0, 0.1) is 0 Å². The number of rotatable bonds is 12. The maximum atomic E-state index is 12.8. The van der Waals surface area contributed by atoms with Crippen LogP contribution in [0.3, 0.4) is 0 Å². The molecule has 0 aliphatic heterocycles. The molecule has 1 aromatic carbocycles. The normalized spacial score (nSPS) is 12.3. The molecule has 0 saturated carbocycles. The van der Waals surface area contributed by atoms with E-state index in [2.05, 4.69) is 20.8 Å². The number of benzene rings is 1. The number of carbonyl (C=O) groups excluding carboxylic acids is 1. The molecule has 1 aromatic rings. The zero-order valence-corrected chi connectivity index (χ0v) is 15.9. The van der Waals surface area contributed by atoms with E-state index >= 15 is 0 Å². The molecule has 0 spiro atoms. The number of ketones is 1. The van der Waals surface area contributed by atoms with Crippen molar-refractivity contribution in [1.82, 2.24) is 0 Å². The van der Waals surface area contributed by atoms with Crippen LogP contribution >= 0.6 is 7.26 Å². The standard InChI is InChI=1S/C20H35OP/c1-4-7-15-22(16-8-5-2,17-9-6-3)18-20(21)19-13-11-10-12-14-19/h10-14,22H,4-9,15-18H2,1-3H3. The third kappa shape index (κ3) is 6.61. The van der Waals surface area contributed by atoms with Gasteiger partial charge in [0, 0.05) is 0 Å². The van der Waals surface area contributed by atoms with E-state index < -0.39 is 7.26 Å². The predicted octanol–water partition coefficient (Wildman–Crippen LogP) is 6.02. The number of carbonyl (C=O) groups is 1. The summed E-state index contributed by atoms with van der Waals surface area (Å²) in [6, 6.07) is 9.94. The average molecular weight is 322 g/mol. The Morgan fingerprint density at radius 2 is 1.27 bits per heavy atom. The van der Waals surface area contributed by atoms with E-state index in [9.17, 15) is 4.79 Å². The summed E-state index contributed by atoms with van der Waals surface area (Å²) in [5, 5.41) is 0.